The summed E-state index contributed by atoms with van der Waals surface area (Å²) in [7, 11) is 7.86. The van der Waals surface area contributed by atoms with Crippen LogP contribution in [-0.2, 0) is 19.2 Å². The average Bonchev–Trinajstić information content (AvgIpc) is 3.75. The maximum atomic E-state index is 14.8. The number of fused-ring (bicyclic) bond motifs is 4. The number of anilines is 2. The Morgan fingerprint density at radius 3 is 1.52 bits per heavy atom. The van der Waals surface area contributed by atoms with Crippen molar-refractivity contribution in [3.8, 4) is 34.5 Å². The van der Waals surface area contributed by atoms with E-state index in [1.54, 1.807) is 64.8 Å². The van der Waals surface area contributed by atoms with Gasteiger partial charge in [0.05, 0.1) is 70.6 Å². The van der Waals surface area contributed by atoms with Crippen molar-refractivity contribution >= 4 is 59.3 Å². The number of carbonyl (C=O) groups excluding carboxylic acids is 4. The summed E-state index contributed by atoms with van der Waals surface area (Å²) < 4.78 is 27.3. The average molecular weight is 873 g/mol. The van der Waals surface area contributed by atoms with Crippen LogP contribution in [0.2, 0.25) is 0 Å². The van der Waals surface area contributed by atoms with Gasteiger partial charge in [0.1, 0.15) is 23.0 Å². The molecule has 2 aliphatic heterocycles. The van der Waals surface area contributed by atoms with Crippen LogP contribution in [0.15, 0.2) is 115 Å². The van der Waals surface area contributed by atoms with E-state index in [0.29, 0.717) is 46.4 Å². The van der Waals surface area contributed by atoms with Crippen molar-refractivity contribution in [1.82, 2.24) is 0 Å². The van der Waals surface area contributed by atoms with E-state index in [4.69, 9.17) is 23.7 Å². The van der Waals surface area contributed by atoms with Crippen molar-refractivity contribution < 1.29 is 48.0 Å². The second kappa shape index (κ2) is 17.5. The lowest BCUT2D eigenvalue weighted by Crippen LogP contribution is -2.43. The van der Waals surface area contributed by atoms with Crippen molar-refractivity contribution in [2.24, 2.45) is 29.6 Å². The Morgan fingerprint density at radius 1 is 0.508 bits per heavy atom. The van der Waals surface area contributed by atoms with Gasteiger partial charge in [-0.3, -0.25) is 29.0 Å². The number of allylic oxidation sites excluding steroid dienone is 2. The highest BCUT2D eigenvalue weighted by Gasteiger charge is 2.62. The van der Waals surface area contributed by atoms with E-state index < -0.39 is 35.5 Å². The number of methoxy groups -OCH3 is 5. The van der Waals surface area contributed by atoms with E-state index in [0.717, 1.165) is 27.8 Å². The van der Waals surface area contributed by atoms with Crippen molar-refractivity contribution in [3.63, 3.8) is 0 Å². The normalized spacial score (nSPS) is 22.5. The van der Waals surface area contributed by atoms with E-state index >= 15 is 0 Å². The Bertz CT molecular complexity index is 2790. The fourth-order valence-electron chi connectivity index (χ4n) is 10.1. The number of carbonyl (C=O) groups is 4. The highest BCUT2D eigenvalue weighted by Crippen LogP contribution is 2.59. The fraction of sp³-hybridized carbons (Fsp3) is 0.245. The molecule has 1 saturated carbocycles. The summed E-state index contributed by atoms with van der Waals surface area (Å²) in [4.78, 5) is 60.9. The molecule has 0 bridgehead atoms. The van der Waals surface area contributed by atoms with Gasteiger partial charge in [0.15, 0.2) is 11.5 Å². The molecule has 2 heterocycles. The maximum Gasteiger partial charge on any atom is 0.238 e. The molecule has 2 aliphatic carbocycles. The Hall–Kier alpha value is -7.60. The first kappa shape index (κ1) is 42.7. The molecule has 12 heteroatoms. The number of hydrogen-bond donors (Lipinski definition) is 1. The zero-order valence-electron chi connectivity index (χ0n) is 36.6. The van der Waals surface area contributed by atoms with Gasteiger partial charge >= 0.3 is 0 Å². The summed E-state index contributed by atoms with van der Waals surface area (Å²) in [6.45, 7) is 0. The van der Waals surface area contributed by atoms with Gasteiger partial charge in [-0.05, 0) is 108 Å². The second-order valence-electron chi connectivity index (χ2n) is 16.5. The van der Waals surface area contributed by atoms with E-state index in [1.807, 2.05) is 91.0 Å². The molecule has 4 aliphatic rings. The molecule has 1 N–H and O–H groups in total. The molecule has 0 radical (unpaired) electrons. The van der Waals surface area contributed by atoms with Gasteiger partial charge < -0.3 is 28.8 Å². The standard InChI is InChI=1S/C53H48N2O10/c1-61-37-19-24-44(63-3)32(26-37)12-6-30-8-15-35(16-9-30)54-50(57)40-22-21-39-41(48(40)52(54)59)29-42-49(47(39)34-14-23-43(56)46(28-34)65-5)53(60)55(51(42)58)36-17-10-31(11-18-36)7-13-33-27-38(62-2)20-25-45(33)64-4/h6-21,23-28,40-42,47-49,56H,22,29H2,1-5H3/t40-,41+,42+,47-,48-,49+/m0/s1. The molecule has 0 aromatic heterocycles. The van der Waals surface area contributed by atoms with E-state index in [2.05, 4.69) is 0 Å². The van der Waals surface area contributed by atoms with Gasteiger partial charge in [0.2, 0.25) is 23.6 Å². The van der Waals surface area contributed by atoms with Crippen LogP contribution in [0.3, 0.4) is 0 Å². The molecule has 9 rings (SSSR count). The number of imide groups is 2. The lowest BCUT2D eigenvalue weighted by Gasteiger charge is -2.44. The number of nitrogens with zero attached hydrogens (tertiary/aromatic N) is 2. The molecule has 12 nitrogen and oxygen atoms in total. The van der Waals surface area contributed by atoms with E-state index in [9.17, 15) is 24.3 Å². The van der Waals surface area contributed by atoms with Gasteiger partial charge in [0, 0.05) is 17.0 Å². The van der Waals surface area contributed by atoms with Crippen molar-refractivity contribution in [2.45, 2.75) is 18.8 Å². The molecule has 6 atom stereocenters. The van der Waals surface area contributed by atoms with Gasteiger partial charge in [0.25, 0.3) is 0 Å². The molecular weight excluding hydrogens is 825 g/mol. The summed E-state index contributed by atoms with van der Waals surface area (Å²) >= 11 is 0. The molecule has 3 fully saturated rings. The third kappa shape index (κ3) is 7.58. The highest BCUT2D eigenvalue weighted by atomic mass is 16.5. The number of rotatable bonds is 12. The zero-order chi connectivity index (χ0) is 45.5. The Balaban J connectivity index is 1.01. The Morgan fingerprint density at radius 2 is 1.02 bits per heavy atom. The minimum atomic E-state index is -0.795. The van der Waals surface area contributed by atoms with Crippen LogP contribution >= 0.6 is 0 Å². The van der Waals surface area contributed by atoms with Gasteiger partial charge in [-0.15, -0.1) is 0 Å². The minimum absolute atomic E-state index is 0.0685. The Kier molecular flexibility index (Phi) is 11.5. The fourth-order valence-corrected chi connectivity index (χ4v) is 10.1. The first-order valence-corrected chi connectivity index (χ1v) is 21.4. The summed E-state index contributed by atoms with van der Waals surface area (Å²) in [6, 6.07) is 30.4. The van der Waals surface area contributed by atoms with E-state index in [1.165, 1.54) is 23.0 Å². The van der Waals surface area contributed by atoms with Crippen molar-refractivity contribution in [3.05, 3.63) is 143 Å². The number of benzene rings is 5. The zero-order valence-corrected chi connectivity index (χ0v) is 36.6. The molecule has 4 amide bonds. The Labute approximate surface area is 376 Å². The van der Waals surface area contributed by atoms with Gasteiger partial charge in [-0.1, -0.05) is 66.3 Å². The molecule has 5 aromatic rings. The predicted molar refractivity (Wildman–Crippen MR) is 247 cm³/mol. The first-order valence-electron chi connectivity index (χ1n) is 21.4. The quantitative estimate of drug-likeness (QED) is 0.0735. The molecule has 2 saturated heterocycles. The molecule has 0 spiro atoms. The van der Waals surface area contributed by atoms with Crippen LogP contribution in [0, 0.1) is 29.6 Å². The molecule has 65 heavy (non-hydrogen) atoms. The van der Waals surface area contributed by atoms with Gasteiger partial charge in [-0.2, -0.15) is 0 Å². The largest absolute Gasteiger partial charge is 0.504 e. The number of aromatic hydroxyl groups is 1. The van der Waals surface area contributed by atoms with Crippen LogP contribution in [0.25, 0.3) is 24.3 Å². The number of phenolic OH excluding ortho intramolecular Hbond substituents is 1. The minimum Gasteiger partial charge on any atom is -0.504 e. The monoisotopic (exact) mass is 872 g/mol. The topological polar surface area (TPSA) is 141 Å². The predicted octanol–water partition coefficient (Wildman–Crippen LogP) is 8.82. The van der Waals surface area contributed by atoms with Crippen LogP contribution < -0.4 is 33.5 Å². The van der Waals surface area contributed by atoms with Crippen LogP contribution in [0.5, 0.6) is 34.5 Å². The highest BCUT2D eigenvalue weighted by molar-refractivity contribution is 6.24. The maximum absolute atomic E-state index is 14.8. The van der Waals surface area contributed by atoms with Crippen LogP contribution in [0.1, 0.15) is 46.6 Å². The smallest absolute Gasteiger partial charge is 0.238 e. The van der Waals surface area contributed by atoms with E-state index in [-0.39, 0.29) is 41.5 Å². The van der Waals surface area contributed by atoms with Crippen molar-refractivity contribution in [1.29, 1.82) is 0 Å². The summed E-state index contributed by atoms with van der Waals surface area (Å²) in [5.74, 6) is -2.50. The van der Waals surface area contributed by atoms with Crippen molar-refractivity contribution in [2.75, 3.05) is 45.3 Å². The first-order chi connectivity index (χ1) is 31.6. The number of amides is 4. The molecule has 330 valence electrons. The van der Waals surface area contributed by atoms with Crippen LogP contribution in [-0.4, -0.2) is 64.3 Å². The number of ether oxygens (including phenoxy) is 5. The number of hydrogen-bond acceptors (Lipinski definition) is 10. The molecule has 5 aromatic carbocycles. The van der Waals surface area contributed by atoms with Gasteiger partial charge in [-0.25, -0.2) is 0 Å². The third-order valence-electron chi connectivity index (χ3n) is 13.3. The summed E-state index contributed by atoms with van der Waals surface area (Å²) in [6.07, 6.45) is 10.2. The SMILES string of the molecule is COc1ccc(OC)c(C=Cc2ccc(N3C(=O)[C@H]4[C@H](CC=C5[C@H]4C[C@H]4C(=O)N(c6ccc(C=Cc7cc(OC)ccc7OC)cc6)C(=O)[C@H]4[C@H]5c4ccc(O)c(OC)c4)C3=O)cc2)c1. The summed E-state index contributed by atoms with van der Waals surface area (Å²) in [5, 5.41) is 10.6. The second-order valence-corrected chi connectivity index (χ2v) is 16.5. The number of phenols is 1. The lowest BCUT2D eigenvalue weighted by atomic mass is 9.57. The molecule has 0 unspecified atom stereocenters. The third-order valence-corrected chi connectivity index (χ3v) is 13.3. The lowest BCUT2D eigenvalue weighted by molar-refractivity contribution is -0.126. The van der Waals surface area contributed by atoms with Crippen LogP contribution in [0.4, 0.5) is 11.4 Å². The molecular formula is C53H48N2O10. The summed E-state index contributed by atoms with van der Waals surface area (Å²) in [5.41, 5.74) is 5.72.